The second kappa shape index (κ2) is 8.94. The van der Waals surface area contributed by atoms with E-state index in [0.717, 1.165) is 81.3 Å². The van der Waals surface area contributed by atoms with Gasteiger partial charge in [0.1, 0.15) is 5.75 Å². The van der Waals surface area contributed by atoms with Crippen molar-refractivity contribution in [2.75, 3.05) is 25.0 Å². The van der Waals surface area contributed by atoms with Crippen molar-refractivity contribution in [3.63, 3.8) is 0 Å². The smallest absolute Gasteiger partial charge is 0.153 e. The van der Waals surface area contributed by atoms with Gasteiger partial charge in [0.2, 0.25) is 0 Å². The lowest BCUT2D eigenvalue weighted by Crippen LogP contribution is -2.31. The van der Waals surface area contributed by atoms with Gasteiger partial charge in [0.25, 0.3) is 0 Å². The molecule has 160 valence electrons. The van der Waals surface area contributed by atoms with E-state index in [-0.39, 0.29) is 0 Å². The Labute approximate surface area is 183 Å². The highest BCUT2D eigenvalue weighted by atomic mass is 16.5. The topological polar surface area (TPSA) is 55.2 Å². The van der Waals surface area contributed by atoms with Crippen molar-refractivity contribution in [1.82, 2.24) is 19.7 Å². The average Bonchev–Trinajstić information content (AvgIpc) is 3.23. The van der Waals surface area contributed by atoms with Gasteiger partial charge in [0.15, 0.2) is 5.82 Å². The molecule has 0 bridgehead atoms. The summed E-state index contributed by atoms with van der Waals surface area (Å²) in [6.07, 6.45) is 9.18. The number of hydrogen-bond donors (Lipinski definition) is 1. The molecule has 5 rings (SSSR count). The Morgan fingerprint density at radius 3 is 2.94 bits per heavy atom. The Balaban J connectivity index is 1.07. The molecule has 0 amide bonds. The van der Waals surface area contributed by atoms with Crippen LogP contribution in [0.5, 0.6) is 5.75 Å². The molecule has 0 spiro atoms. The van der Waals surface area contributed by atoms with E-state index in [0.29, 0.717) is 0 Å². The Kier molecular flexibility index (Phi) is 5.71. The quantitative estimate of drug-likeness (QED) is 0.581. The number of benzene rings is 1. The van der Waals surface area contributed by atoms with Gasteiger partial charge in [-0.2, -0.15) is 5.10 Å². The molecular weight excluding hydrogens is 386 g/mol. The molecule has 0 saturated carbocycles. The maximum atomic E-state index is 6.00. The minimum absolute atomic E-state index is 0.746. The minimum atomic E-state index is 0.746. The predicted octanol–water partition coefficient (Wildman–Crippen LogP) is 4.36. The SMILES string of the molecule is C=C1CCc2ccc(OCCCCN3CCc4nn(-c5ccccn5)cc4C3)cc2N1. The molecule has 1 N–H and O–H groups in total. The number of allylic oxidation sites excluding steroid dienone is 1. The first-order chi connectivity index (χ1) is 15.2. The van der Waals surface area contributed by atoms with E-state index < -0.39 is 0 Å². The van der Waals surface area contributed by atoms with Crippen molar-refractivity contribution in [2.24, 2.45) is 0 Å². The van der Waals surface area contributed by atoms with Crippen molar-refractivity contribution in [2.45, 2.75) is 38.6 Å². The van der Waals surface area contributed by atoms with Gasteiger partial charge in [0, 0.05) is 54.9 Å². The molecule has 1 aromatic carbocycles. The lowest BCUT2D eigenvalue weighted by Gasteiger charge is -2.25. The molecule has 6 nitrogen and oxygen atoms in total. The van der Waals surface area contributed by atoms with Crippen LogP contribution in [0.2, 0.25) is 0 Å². The van der Waals surface area contributed by atoms with Crippen LogP contribution in [-0.4, -0.2) is 39.4 Å². The minimum Gasteiger partial charge on any atom is -0.494 e. The number of hydrogen-bond acceptors (Lipinski definition) is 5. The molecule has 2 aromatic heterocycles. The van der Waals surface area contributed by atoms with Gasteiger partial charge in [0.05, 0.1) is 12.3 Å². The van der Waals surface area contributed by atoms with Crippen molar-refractivity contribution in [3.8, 4) is 11.6 Å². The standard InChI is InChI=1S/C25H29N5O/c1-19-7-8-20-9-10-22(16-24(20)27-19)31-15-5-4-13-29-14-11-23-21(17-29)18-30(28-23)25-6-2-3-12-26-25/h2-3,6,9-10,12,16,18,27H,1,4-5,7-8,11,13-15,17H2. The summed E-state index contributed by atoms with van der Waals surface area (Å²) >= 11 is 0. The van der Waals surface area contributed by atoms with Crippen LogP contribution in [-0.2, 0) is 19.4 Å². The molecule has 0 unspecified atom stereocenters. The Hall–Kier alpha value is -3.12. The number of nitrogens with zero attached hydrogens (tertiary/aromatic N) is 4. The molecule has 0 aliphatic carbocycles. The van der Waals surface area contributed by atoms with E-state index >= 15 is 0 Å². The molecule has 4 heterocycles. The lowest BCUT2D eigenvalue weighted by atomic mass is 10.0. The van der Waals surface area contributed by atoms with Crippen LogP contribution in [0.4, 0.5) is 5.69 Å². The molecule has 2 aliphatic heterocycles. The molecule has 2 aliphatic rings. The number of nitrogens with one attached hydrogen (secondary N) is 1. The van der Waals surface area contributed by atoms with Gasteiger partial charge in [-0.1, -0.05) is 18.7 Å². The van der Waals surface area contributed by atoms with Crippen LogP contribution < -0.4 is 10.1 Å². The first kappa shape index (κ1) is 19.8. The fourth-order valence-corrected chi connectivity index (χ4v) is 4.32. The number of pyridine rings is 1. The van der Waals surface area contributed by atoms with Crippen LogP contribution in [0, 0.1) is 0 Å². The van der Waals surface area contributed by atoms with E-state index in [1.165, 1.54) is 16.8 Å². The number of fused-ring (bicyclic) bond motifs is 2. The van der Waals surface area contributed by atoms with Crippen molar-refractivity contribution in [1.29, 1.82) is 0 Å². The number of aromatic nitrogens is 3. The molecular formula is C25H29N5O. The normalized spacial score (nSPS) is 15.8. The van der Waals surface area contributed by atoms with E-state index in [1.807, 2.05) is 29.1 Å². The van der Waals surface area contributed by atoms with Gasteiger partial charge in [-0.05, 0) is 56.0 Å². The fourth-order valence-electron chi connectivity index (χ4n) is 4.32. The van der Waals surface area contributed by atoms with Crippen LogP contribution in [0.3, 0.4) is 0 Å². The third-order valence-corrected chi connectivity index (χ3v) is 6.05. The lowest BCUT2D eigenvalue weighted by molar-refractivity contribution is 0.234. The molecule has 6 heteroatoms. The van der Waals surface area contributed by atoms with Crippen molar-refractivity contribution >= 4 is 5.69 Å². The number of aryl methyl sites for hydroxylation is 1. The molecule has 0 fully saturated rings. The highest BCUT2D eigenvalue weighted by Gasteiger charge is 2.20. The van der Waals surface area contributed by atoms with E-state index in [4.69, 9.17) is 9.84 Å². The first-order valence-corrected chi connectivity index (χ1v) is 11.2. The third-order valence-electron chi connectivity index (χ3n) is 6.05. The average molecular weight is 416 g/mol. The maximum absolute atomic E-state index is 6.00. The molecule has 0 atom stereocenters. The summed E-state index contributed by atoms with van der Waals surface area (Å²) in [6.45, 7) is 7.90. The monoisotopic (exact) mass is 415 g/mol. The zero-order valence-electron chi connectivity index (χ0n) is 17.9. The molecule has 0 radical (unpaired) electrons. The summed E-state index contributed by atoms with van der Waals surface area (Å²) in [5.74, 6) is 1.81. The van der Waals surface area contributed by atoms with Crippen LogP contribution in [0.15, 0.2) is 61.1 Å². The maximum Gasteiger partial charge on any atom is 0.153 e. The molecule has 3 aromatic rings. The van der Waals surface area contributed by atoms with Gasteiger partial charge in [-0.3, -0.25) is 4.90 Å². The number of anilines is 1. The predicted molar refractivity (Wildman–Crippen MR) is 123 cm³/mol. The highest BCUT2D eigenvalue weighted by Crippen LogP contribution is 2.29. The summed E-state index contributed by atoms with van der Waals surface area (Å²) in [5, 5.41) is 8.10. The highest BCUT2D eigenvalue weighted by molar-refractivity contribution is 5.60. The van der Waals surface area contributed by atoms with Crippen LogP contribution in [0.25, 0.3) is 5.82 Å². The number of ether oxygens (including phenoxy) is 1. The van der Waals surface area contributed by atoms with E-state index in [9.17, 15) is 0 Å². The van der Waals surface area contributed by atoms with Crippen molar-refractivity contribution in [3.05, 3.63) is 77.9 Å². The van der Waals surface area contributed by atoms with Gasteiger partial charge in [-0.15, -0.1) is 0 Å². The summed E-state index contributed by atoms with van der Waals surface area (Å²) in [4.78, 5) is 6.91. The summed E-state index contributed by atoms with van der Waals surface area (Å²) in [7, 11) is 0. The first-order valence-electron chi connectivity index (χ1n) is 11.2. The fraction of sp³-hybridized carbons (Fsp3) is 0.360. The van der Waals surface area contributed by atoms with Crippen LogP contribution in [0.1, 0.15) is 36.1 Å². The number of rotatable bonds is 7. The Bertz CT molecular complexity index is 1060. The summed E-state index contributed by atoms with van der Waals surface area (Å²) < 4.78 is 7.90. The summed E-state index contributed by atoms with van der Waals surface area (Å²) in [5.41, 5.74) is 6.09. The van der Waals surface area contributed by atoms with Gasteiger partial charge < -0.3 is 10.1 Å². The zero-order chi connectivity index (χ0) is 21.0. The largest absolute Gasteiger partial charge is 0.494 e. The van der Waals surface area contributed by atoms with Gasteiger partial charge >= 0.3 is 0 Å². The van der Waals surface area contributed by atoms with Crippen molar-refractivity contribution < 1.29 is 4.74 Å². The molecule has 0 saturated heterocycles. The van der Waals surface area contributed by atoms with Gasteiger partial charge in [-0.25, -0.2) is 9.67 Å². The summed E-state index contributed by atoms with van der Waals surface area (Å²) in [6, 6.07) is 12.3. The number of unbranched alkanes of at least 4 members (excludes halogenated alkanes) is 1. The molecule has 31 heavy (non-hydrogen) atoms. The van der Waals surface area contributed by atoms with E-state index in [1.54, 1.807) is 0 Å². The Morgan fingerprint density at radius 2 is 2.03 bits per heavy atom. The van der Waals surface area contributed by atoms with E-state index in [2.05, 4.69) is 46.2 Å². The van der Waals surface area contributed by atoms with Crippen LogP contribution >= 0.6 is 0 Å². The second-order valence-electron chi connectivity index (χ2n) is 8.36. The zero-order valence-corrected chi connectivity index (χ0v) is 17.9. The third kappa shape index (κ3) is 4.64. The Morgan fingerprint density at radius 1 is 1.06 bits per heavy atom. The second-order valence-corrected chi connectivity index (χ2v) is 8.36.